The molecule has 0 aliphatic carbocycles. The average molecular weight is 411 g/mol. The number of nitrogens with one attached hydrogen (secondary N) is 2. The van der Waals surface area contributed by atoms with Crippen LogP contribution >= 0.6 is 0 Å². The van der Waals surface area contributed by atoms with Crippen molar-refractivity contribution in [3.63, 3.8) is 0 Å². The zero-order valence-electron chi connectivity index (χ0n) is 14.9. The summed E-state index contributed by atoms with van der Waals surface area (Å²) in [6.07, 6.45) is -1.13. The molecule has 150 valence electrons. The molecule has 0 saturated carbocycles. The minimum Gasteiger partial charge on any atom is -0.496 e. The van der Waals surface area contributed by atoms with E-state index in [0.717, 1.165) is 6.07 Å². The van der Waals surface area contributed by atoms with Gasteiger partial charge >= 0.3 is 0 Å². The number of benzene rings is 2. The zero-order chi connectivity index (χ0) is 20.9. The smallest absolute Gasteiger partial charge is 0.279 e. The fourth-order valence-corrected chi connectivity index (χ4v) is 2.65. The number of primary sulfonamides is 1. The monoisotopic (exact) mass is 411 g/mol. The maximum absolute atomic E-state index is 13.6. The molecule has 0 spiro atoms. The average Bonchev–Trinajstić information content (AvgIpc) is 2.66. The van der Waals surface area contributed by atoms with Crippen LogP contribution in [0.4, 0.5) is 4.39 Å². The van der Waals surface area contributed by atoms with Gasteiger partial charge in [-0.25, -0.2) is 17.9 Å². The van der Waals surface area contributed by atoms with E-state index in [1.807, 2.05) is 0 Å². The van der Waals surface area contributed by atoms with Gasteiger partial charge in [0.1, 0.15) is 5.75 Å². The summed E-state index contributed by atoms with van der Waals surface area (Å²) in [5.74, 6) is -2.32. The summed E-state index contributed by atoms with van der Waals surface area (Å²) in [5.41, 5.74) is 4.04. The van der Waals surface area contributed by atoms with Crippen LogP contribution in [0.5, 0.6) is 11.5 Å². The second-order valence-corrected chi connectivity index (χ2v) is 7.10. The largest absolute Gasteiger partial charge is 0.496 e. The molecule has 9 nitrogen and oxygen atoms in total. The maximum atomic E-state index is 13.6. The number of hydrogen-bond donors (Lipinski definition) is 3. The zero-order valence-corrected chi connectivity index (χ0v) is 15.7. The first-order chi connectivity index (χ1) is 13.1. The van der Waals surface area contributed by atoms with Crippen LogP contribution in [0.2, 0.25) is 0 Å². The molecule has 2 aromatic rings. The van der Waals surface area contributed by atoms with Crippen LogP contribution in [0.15, 0.2) is 47.4 Å². The van der Waals surface area contributed by atoms with Crippen molar-refractivity contribution in [1.29, 1.82) is 0 Å². The van der Waals surface area contributed by atoms with Crippen LogP contribution in [-0.4, -0.2) is 33.4 Å². The molecular weight excluding hydrogens is 393 g/mol. The van der Waals surface area contributed by atoms with E-state index in [1.54, 1.807) is 0 Å². The molecule has 0 saturated heterocycles. The number of rotatable bonds is 6. The summed E-state index contributed by atoms with van der Waals surface area (Å²) >= 11 is 0. The predicted octanol–water partition coefficient (Wildman–Crippen LogP) is 0.710. The molecule has 0 aliphatic rings. The molecule has 0 aromatic heterocycles. The van der Waals surface area contributed by atoms with Gasteiger partial charge in [-0.2, -0.15) is 0 Å². The highest BCUT2D eigenvalue weighted by molar-refractivity contribution is 7.89. The summed E-state index contributed by atoms with van der Waals surface area (Å²) in [4.78, 5) is 24.1. The lowest BCUT2D eigenvalue weighted by Crippen LogP contribution is -2.47. The van der Waals surface area contributed by atoms with Gasteiger partial charge in [0.15, 0.2) is 17.7 Å². The Balaban J connectivity index is 2.07. The summed E-state index contributed by atoms with van der Waals surface area (Å²) < 4.78 is 46.7. The first kappa shape index (κ1) is 21.1. The number of amides is 2. The van der Waals surface area contributed by atoms with Gasteiger partial charge in [0, 0.05) is 0 Å². The van der Waals surface area contributed by atoms with Gasteiger partial charge in [-0.05, 0) is 37.3 Å². The number of ether oxygens (including phenoxy) is 2. The molecule has 0 heterocycles. The lowest BCUT2D eigenvalue weighted by Gasteiger charge is -2.16. The van der Waals surface area contributed by atoms with Gasteiger partial charge in [0.25, 0.3) is 11.8 Å². The topological polar surface area (TPSA) is 137 Å². The number of halogens is 1. The van der Waals surface area contributed by atoms with Crippen LogP contribution in [0, 0.1) is 5.82 Å². The van der Waals surface area contributed by atoms with Crippen LogP contribution in [0.25, 0.3) is 0 Å². The fraction of sp³-hybridized carbons (Fsp3) is 0.176. The first-order valence-corrected chi connectivity index (χ1v) is 9.40. The molecule has 0 fully saturated rings. The van der Waals surface area contributed by atoms with E-state index in [9.17, 15) is 22.4 Å². The Morgan fingerprint density at radius 3 is 2.39 bits per heavy atom. The van der Waals surface area contributed by atoms with Crippen molar-refractivity contribution in [2.45, 2.75) is 17.9 Å². The van der Waals surface area contributed by atoms with Gasteiger partial charge in [-0.1, -0.05) is 12.1 Å². The molecule has 4 N–H and O–H groups in total. The highest BCUT2D eigenvalue weighted by atomic mass is 32.2. The van der Waals surface area contributed by atoms with E-state index in [0.29, 0.717) is 0 Å². The quantitative estimate of drug-likeness (QED) is 0.599. The van der Waals surface area contributed by atoms with Crippen molar-refractivity contribution in [2.75, 3.05) is 7.11 Å². The number of hydrazine groups is 1. The lowest BCUT2D eigenvalue weighted by atomic mass is 10.2. The molecule has 2 aromatic carbocycles. The summed E-state index contributed by atoms with van der Waals surface area (Å²) in [7, 11) is -2.76. The number of nitrogens with two attached hydrogens (primary N) is 1. The van der Waals surface area contributed by atoms with E-state index in [2.05, 4.69) is 10.9 Å². The SMILES string of the molecule is COc1ccc(S(N)(=O)=O)cc1C(=O)NNC(=O)C(C)Oc1ccccc1F. The molecule has 0 aliphatic heterocycles. The van der Waals surface area contributed by atoms with E-state index < -0.39 is 33.8 Å². The number of para-hydroxylation sites is 1. The summed E-state index contributed by atoms with van der Waals surface area (Å²) in [6, 6.07) is 8.96. The Kier molecular flexibility index (Phi) is 6.54. The second-order valence-electron chi connectivity index (χ2n) is 5.54. The maximum Gasteiger partial charge on any atom is 0.279 e. The fourth-order valence-electron chi connectivity index (χ4n) is 2.11. The Hall–Kier alpha value is -3.18. The third kappa shape index (κ3) is 5.18. The van der Waals surface area contributed by atoms with Gasteiger partial charge in [-0.15, -0.1) is 0 Å². The van der Waals surface area contributed by atoms with Gasteiger partial charge in [0.05, 0.1) is 17.6 Å². The van der Waals surface area contributed by atoms with Gasteiger partial charge < -0.3 is 9.47 Å². The Bertz CT molecular complexity index is 996. The normalized spacial score (nSPS) is 12.0. The standard InChI is InChI=1S/C17H18FN3O6S/c1-10(27-15-6-4-3-5-13(15)18)16(22)20-21-17(23)12-9-11(28(19,24)25)7-8-14(12)26-2/h3-10H,1-2H3,(H,20,22)(H,21,23)(H2,19,24,25). The Morgan fingerprint density at radius 1 is 1.11 bits per heavy atom. The third-order valence-corrected chi connectivity index (χ3v) is 4.46. The van der Waals surface area contributed by atoms with E-state index >= 15 is 0 Å². The highest BCUT2D eigenvalue weighted by Crippen LogP contribution is 2.21. The molecule has 0 bridgehead atoms. The number of carbonyl (C=O) groups is 2. The van der Waals surface area contributed by atoms with Crippen LogP contribution < -0.4 is 25.5 Å². The van der Waals surface area contributed by atoms with Crippen molar-refractivity contribution in [2.24, 2.45) is 5.14 Å². The van der Waals surface area contributed by atoms with Crippen LogP contribution in [0.1, 0.15) is 17.3 Å². The van der Waals surface area contributed by atoms with Crippen LogP contribution in [0.3, 0.4) is 0 Å². The number of sulfonamides is 1. The van der Waals surface area contributed by atoms with Crippen LogP contribution in [-0.2, 0) is 14.8 Å². The second kappa shape index (κ2) is 8.67. The number of methoxy groups -OCH3 is 1. The van der Waals surface area contributed by atoms with Crippen molar-refractivity contribution in [1.82, 2.24) is 10.9 Å². The van der Waals surface area contributed by atoms with E-state index in [1.165, 1.54) is 50.4 Å². The molecule has 2 rings (SSSR count). The Labute approximate surface area is 160 Å². The lowest BCUT2D eigenvalue weighted by molar-refractivity contribution is -0.128. The number of hydrogen-bond acceptors (Lipinski definition) is 6. The first-order valence-electron chi connectivity index (χ1n) is 7.85. The Morgan fingerprint density at radius 2 is 1.79 bits per heavy atom. The summed E-state index contributed by atoms with van der Waals surface area (Å²) in [5, 5.41) is 5.05. The molecule has 28 heavy (non-hydrogen) atoms. The molecule has 2 amide bonds. The van der Waals surface area contributed by atoms with Gasteiger partial charge in [-0.3, -0.25) is 20.4 Å². The van der Waals surface area contributed by atoms with Crippen molar-refractivity contribution < 1.29 is 31.9 Å². The molecule has 1 unspecified atom stereocenters. The molecule has 0 radical (unpaired) electrons. The number of carbonyl (C=O) groups excluding carboxylic acids is 2. The van der Waals surface area contributed by atoms with Crippen molar-refractivity contribution >= 4 is 21.8 Å². The molecule has 11 heteroatoms. The highest BCUT2D eigenvalue weighted by Gasteiger charge is 2.20. The van der Waals surface area contributed by atoms with E-state index in [-0.39, 0.29) is 22.0 Å². The minimum atomic E-state index is -4.05. The predicted molar refractivity (Wildman–Crippen MR) is 96.5 cm³/mol. The van der Waals surface area contributed by atoms with E-state index in [4.69, 9.17) is 14.6 Å². The van der Waals surface area contributed by atoms with Gasteiger partial charge in [0.2, 0.25) is 10.0 Å². The minimum absolute atomic E-state index is 0.0646. The summed E-state index contributed by atoms with van der Waals surface area (Å²) in [6.45, 7) is 1.36. The van der Waals surface area contributed by atoms with Crippen molar-refractivity contribution in [3.05, 3.63) is 53.8 Å². The molecular formula is C17H18FN3O6S. The van der Waals surface area contributed by atoms with Crippen molar-refractivity contribution in [3.8, 4) is 11.5 Å². The molecule has 1 atom stereocenters. The third-order valence-electron chi connectivity index (χ3n) is 3.55.